The number of ether oxygens (including phenoxy) is 2. The first-order chi connectivity index (χ1) is 13.3. The standard InChI is InChI=1S/C22H21NO5/c1-22(2,3)20(25)17-18(13-7-5-4-6-8-13)23(21(26)19(17)24)14-9-10-15-16(11-14)28-12-27-15/h4-11,18,24H,12H2,1-3H3. The molecule has 0 aromatic heterocycles. The van der Waals surface area contributed by atoms with Crippen molar-refractivity contribution in [3.63, 3.8) is 0 Å². The molecule has 6 heteroatoms. The van der Waals surface area contributed by atoms with Crippen LogP contribution in [0.3, 0.4) is 0 Å². The van der Waals surface area contributed by atoms with Crippen LogP contribution in [0.1, 0.15) is 32.4 Å². The number of Topliss-reactive ketones (excluding diaryl/α,β-unsaturated/α-hetero) is 1. The van der Waals surface area contributed by atoms with Gasteiger partial charge in [-0.2, -0.15) is 0 Å². The third kappa shape index (κ3) is 2.81. The van der Waals surface area contributed by atoms with Gasteiger partial charge in [-0.25, -0.2) is 0 Å². The summed E-state index contributed by atoms with van der Waals surface area (Å²) in [4.78, 5) is 27.6. The lowest BCUT2D eigenvalue weighted by Gasteiger charge is -2.29. The summed E-state index contributed by atoms with van der Waals surface area (Å²) in [6.07, 6.45) is 0. The van der Waals surface area contributed by atoms with Crippen LogP contribution in [-0.4, -0.2) is 23.6 Å². The van der Waals surface area contributed by atoms with Gasteiger partial charge < -0.3 is 14.6 Å². The average molecular weight is 379 g/mol. The van der Waals surface area contributed by atoms with E-state index >= 15 is 0 Å². The molecule has 0 aliphatic carbocycles. The van der Waals surface area contributed by atoms with Crippen molar-refractivity contribution in [3.05, 3.63) is 65.4 Å². The van der Waals surface area contributed by atoms with Crippen molar-refractivity contribution in [2.75, 3.05) is 11.7 Å². The predicted octanol–water partition coefficient (Wildman–Crippen LogP) is 3.93. The first-order valence-electron chi connectivity index (χ1n) is 9.05. The lowest BCUT2D eigenvalue weighted by atomic mass is 9.82. The van der Waals surface area contributed by atoms with E-state index < -0.39 is 23.1 Å². The number of carbonyl (C=O) groups excluding carboxylic acids is 2. The van der Waals surface area contributed by atoms with E-state index in [-0.39, 0.29) is 18.1 Å². The van der Waals surface area contributed by atoms with Crippen molar-refractivity contribution in [2.45, 2.75) is 26.8 Å². The van der Waals surface area contributed by atoms with Crippen LogP contribution < -0.4 is 14.4 Å². The number of anilines is 1. The van der Waals surface area contributed by atoms with Crippen molar-refractivity contribution in [1.82, 2.24) is 0 Å². The minimum absolute atomic E-state index is 0.112. The van der Waals surface area contributed by atoms with Gasteiger partial charge in [0.15, 0.2) is 23.0 Å². The Hall–Kier alpha value is -3.28. The number of nitrogens with zero attached hydrogens (tertiary/aromatic N) is 1. The summed E-state index contributed by atoms with van der Waals surface area (Å²) in [6.45, 7) is 5.42. The van der Waals surface area contributed by atoms with Gasteiger partial charge in [0.05, 0.1) is 11.6 Å². The Morgan fingerprint density at radius 3 is 2.43 bits per heavy atom. The largest absolute Gasteiger partial charge is 0.503 e. The zero-order valence-electron chi connectivity index (χ0n) is 15.9. The highest BCUT2D eigenvalue weighted by Gasteiger charge is 2.46. The molecule has 0 saturated carbocycles. The second-order valence-electron chi connectivity index (χ2n) is 7.87. The number of ketones is 1. The number of carbonyl (C=O) groups is 2. The van der Waals surface area contributed by atoms with Crippen LogP contribution in [0.15, 0.2) is 59.9 Å². The molecule has 1 N–H and O–H groups in total. The maximum atomic E-state index is 13.1. The highest BCUT2D eigenvalue weighted by Crippen LogP contribution is 2.45. The summed E-state index contributed by atoms with van der Waals surface area (Å²) in [5, 5.41) is 10.7. The summed E-state index contributed by atoms with van der Waals surface area (Å²) in [5.41, 5.74) is 0.625. The van der Waals surface area contributed by atoms with Gasteiger partial charge in [0.2, 0.25) is 6.79 Å². The molecule has 0 spiro atoms. The van der Waals surface area contributed by atoms with Crippen LogP contribution in [0.25, 0.3) is 0 Å². The van der Waals surface area contributed by atoms with E-state index in [1.165, 1.54) is 4.90 Å². The smallest absolute Gasteiger partial charge is 0.294 e. The van der Waals surface area contributed by atoms with Gasteiger partial charge in [0, 0.05) is 17.2 Å². The lowest BCUT2D eigenvalue weighted by molar-refractivity contribution is -0.123. The number of amides is 1. The van der Waals surface area contributed by atoms with Gasteiger partial charge in [0.1, 0.15) is 0 Å². The Bertz CT molecular complexity index is 988. The number of fused-ring (bicyclic) bond motifs is 1. The van der Waals surface area contributed by atoms with Crippen LogP contribution in [0.5, 0.6) is 11.5 Å². The van der Waals surface area contributed by atoms with Gasteiger partial charge in [-0.05, 0) is 17.7 Å². The molecule has 0 bridgehead atoms. The third-order valence-corrected chi connectivity index (χ3v) is 4.88. The van der Waals surface area contributed by atoms with E-state index in [1.54, 1.807) is 39.0 Å². The minimum Gasteiger partial charge on any atom is -0.503 e. The van der Waals surface area contributed by atoms with E-state index in [2.05, 4.69) is 0 Å². The van der Waals surface area contributed by atoms with E-state index in [9.17, 15) is 14.7 Å². The number of benzene rings is 2. The average Bonchev–Trinajstić information content (AvgIpc) is 3.23. The molecule has 2 aliphatic heterocycles. The van der Waals surface area contributed by atoms with Crippen LogP contribution >= 0.6 is 0 Å². The lowest BCUT2D eigenvalue weighted by Crippen LogP contribution is -2.32. The van der Waals surface area contributed by atoms with Crippen molar-refractivity contribution < 1.29 is 24.2 Å². The quantitative estimate of drug-likeness (QED) is 0.874. The molecule has 28 heavy (non-hydrogen) atoms. The molecule has 144 valence electrons. The number of aliphatic hydroxyl groups excluding tert-OH is 1. The first kappa shape index (κ1) is 18.1. The third-order valence-electron chi connectivity index (χ3n) is 4.88. The van der Waals surface area contributed by atoms with E-state index in [0.717, 1.165) is 5.56 Å². The molecular formula is C22H21NO5. The Morgan fingerprint density at radius 2 is 1.75 bits per heavy atom. The summed E-state index contributed by atoms with van der Waals surface area (Å²) in [7, 11) is 0. The fourth-order valence-corrected chi connectivity index (χ4v) is 3.49. The molecule has 0 fully saturated rings. The van der Waals surface area contributed by atoms with Gasteiger partial charge in [-0.1, -0.05) is 51.1 Å². The van der Waals surface area contributed by atoms with E-state index in [4.69, 9.17) is 9.47 Å². The van der Waals surface area contributed by atoms with Crippen molar-refractivity contribution in [2.24, 2.45) is 5.41 Å². The molecule has 0 saturated heterocycles. The first-order valence-corrected chi connectivity index (χ1v) is 9.05. The summed E-state index contributed by atoms with van der Waals surface area (Å²) < 4.78 is 10.8. The molecule has 2 aromatic carbocycles. The van der Waals surface area contributed by atoms with E-state index in [0.29, 0.717) is 17.2 Å². The van der Waals surface area contributed by atoms with Gasteiger partial charge in [-0.3, -0.25) is 14.5 Å². The molecule has 2 heterocycles. The highest BCUT2D eigenvalue weighted by molar-refractivity contribution is 6.17. The fourth-order valence-electron chi connectivity index (χ4n) is 3.49. The number of aliphatic hydroxyl groups is 1. The topological polar surface area (TPSA) is 76.1 Å². The van der Waals surface area contributed by atoms with Crippen molar-refractivity contribution in [3.8, 4) is 11.5 Å². The maximum Gasteiger partial charge on any atom is 0.294 e. The predicted molar refractivity (Wildman–Crippen MR) is 103 cm³/mol. The maximum absolute atomic E-state index is 13.1. The van der Waals surface area contributed by atoms with Gasteiger partial charge in [0.25, 0.3) is 5.91 Å². The number of rotatable bonds is 3. The Morgan fingerprint density at radius 1 is 1.07 bits per heavy atom. The second kappa shape index (κ2) is 6.41. The zero-order valence-corrected chi connectivity index (χ0v) is 15.9. The zero-order chi connectivity index (χ0) is 20.1. The number of hydrogen-bond acceptors (Lipinski definition) is 5. The van der Waals surface area contributed by atoms with Crippen LogP contribution in [0, 0.1) is 5.41 Å². The minimum atomic E-state index is -0.748. The molecule has 2 aliphatic rings. The van der Waals surface area contributed by atoms with Crippen LogP contribution in [0.4, 0.5) is 5.69 Å². The van der Waals surface area contributed by atoms with Gasteiger partial charge >= 0.3 is 0 Å². The van der Waals surface area contributed by atoms with Crippen molar-refractivity contribution >= 4 is 17.4 Å². The molecular weight excluding hydrogens is 358 g/mol. The van der Waals surface area contributed by atoms with E-state index in [1.807, 2.05) is 30.3 Å². The SMILES string of the molecule is CC(C)(C)C(=O)C1=C(O)C(=O)N(c2ccc3c(c2)OCO3)C1c1ccccc1. The monoisotopic (exact) mass is 379 g/mol. The number of hydrogen-bond donors (Lipinski definition) is 1. The Kier molecular flexibility index (Phi) is 4.14. The van der Waals surface area contributed by atoms with Gasteiger partial charge in [-0.15, -0.1) is 0 Å². The van der Waals surface area contributed by atoms with Crippen LogP contribution in [0.2, 0.25) is 0 Å². The molecule has 1 unspecified atom stereocenters. The Balaban J connectivity index is 1.87. The molecule has 1 amide bonds. The molecule has 0 radical (unpaired) electrons. The fraction of sp³-hybridized carbons (Fsp3) is 0.273. The summed E-state index contributed by atoms with van der Waals surface area (Å²) >= 11 is 0. The summed E-state index contributed by atoms with van der Waals surface area (Å²) in [5.74, 6) is -0.274. The molecule has 4 rings (SSSR count). The second-order valence-corrected chi connectivity index (χ2v) is 7.87. The molecule has 6 nitrogen and oxygen atoms in total. The normalized spacial score (nSPS) is 18.8. The Labute approximate surface area is 163 Å². The highest BCUT2D eigenvalue weighted by atomic mass is 16.7. The molecule has 2 aromatic rings. The van der Waals surface area contributed by atoms with Crippen molar-refractivity contribution in [1.29, 1.82) is 0 Å². The molecule has 1 atom stereocenters. The van der Waals surface area contributed by atoms with Crippen LogP contribution in [-0.2, 0) is 9.59 Å². The summed E-state index contributed by atoms with van der Waals surface area (Å²) in [6, 6.07) is 13.6.